The van der Waals surface area contributed by atoms with E-state index >= 15 is 0 Å². The standard InChI is InChI=1S/C13H13F4NO/c14-11-8(4-3-5-9(11)13(15,16)17)12(18)10-6-1-2-7-19-10/h3-6,12H,1-2,7,18H2. The Kier molecular flexibility index (Phi) is 3.80. The summed E-state index contributed by atoms with van der Waals surface area (Å²) in [7, 11) is 0. The van der Waals surface area contributed by atoms with E-state index in [-0.39, 0.29) is 5.56 Å². The van der Waals surface area contributed by atoms with Crippen LogP contribution in [0, 0.1) is 5.82 Å². The topological polar surface area (TPSA) is 35.2 Å². The molecule has 0 aliphatic carbocycles. The number of ether oxygens (including phenoxy) is 1. The van der Waals surface area contributed by atoms with E-state index in [1.807, 2.05) is 0 Å². The molecule has 1 aliphatic heterocycles. The van der Waals surface area contributed by atoms with Gasteiger partial charge in [0.2, 0.25) is 0 Å². The monoisotopic (exact) mass is 275 g/mol. The number of benzene rings is 1. The van der Waals surface area contributed by atoms with E-state index in [1.54, 1.807) is 6.08 Å². The van der Waals surface area contributed by atoms with Crippen molar-refractivity contribution in [2.24, 2.45) is 5.73 Å². The molecule has 104 valence electrons. The lowest BCUT2D eigenvalue weighted by atomic mass is 10.00. The first-order valence-electron chi connectivity index (χ1n) is 5.85. The van der Waals surface area contributed by atoms with Gasteiger partial charge in [0, 0.05) is 5.56 Å². The highest BCUT2D eigenvalue weighted by Gasteiger charge is 2.36. The minimum absolute atomic E-state index is 0.206. The number of halogens is 4. The zero-order chi connectivity index (χ0) is 14.0. The van der Waals surface area contributed by atoms with Crippen molar-refractivity contribution in [3.8, 4) is 0 Å². The summed E-state index contributed by atoms with van der Waals surface area (Å²) in [5.41, 5.74) is 4.27. The van der Waals surface area contributed by atoms with Crippen LogP contribution in [0.15, 0.2) is 30.0 Å². The van der Waals surface area contributed by atoms with Gasteiger partial charge in [-0.25, -0.2) is 4.39 Å². The third kappa shape index (κ3) is 2.89. The van der Waals surface area contributed by atoms with Crippen molar-refractivity contribution in [1.29, 1.82) is 0 Å². The van der Waals surface area contributed by atoms with Crippen molar-refractivity contribution in [2.45, 2.75) is 25.1 Å². The van der Waals surface area contributed by atoms with E-state index in [4.69, 9.17) is 10.5 Å². The highest BCUT2D eigenvalue weighted by atomic mass is 19.4. The average molecular weight is 275 g/mol. The van der Waals surface area contributed by atoms with Gasteiger partial charge in [-0.15, -0.1) is 0 Å². The largest absolute Gasteiger partial charge is 0.496 e. The maximum absolute atomic E-state index is 13.9. The Balaban J connectivity index is 2.37. The summed E-state index contributed by atoms with van der Waals surface area (Å²) in [6.45, 7) is 0.445. The molecule has 2 rings (SSSR count). The van der Waals surface area contributed by atoms with Gasteiger partial charge in [0.05, 0.1) is 18.2 Å². The normalized spacial score (nSPS) is 17.6. The predicted octanol–water partition coefficient (Wildman–Crippen LogP) is 3.54. The van der Waals surface area contributed by atoms with Crippen LogP contribution in [0.1, 0.15) is 30.0 Å². The molecule has 0 saturated carbocycles. The Morgan fingerprint density at radius 1 is 1.26 bits per heavy atom. The summed E-state index contributed by atoms with van der Waals surface area (Å²) >= 11 is 0. The summed E-state index contributed by atoms with van der Waals surface area (Å²) in [6.07, 6.45) is -1.50. The maximum atomic E-state index is 13.9. The van der Waals surface area contributed by atoms with Gasteiger partial charge in [-0.3, -0.25) is 0 Å². The molecule has 0 bridgehead atoms. The van der Waals surface area contributed by atoms with E-state index in [0.29, 0.717) is 18.4 Å². The van der Waals surface area contributed by atoms with E-state index < -0.39 is 23.6 Å². The number of nitrogens with two attached hydrogens (primary N) is 1. The molecule has 1 aromatic carbocycles. The first kappa shape index (κ1) is 13.9. The summed E-state index contributed by atoms with van der Waals surface area (Å²) in [5, 5.41) is 0. The molecule has 19 heavy (non-hydrogen) atoms. The first-order valence-corrected chi connectivity index (χ1v) is 5.85. The number of hydrogen-bond acceptors (Lipinski definition) is 2. The second-order valence-electron chi connectivity index (χ2n) is 4.28. The molecule has 2 nitrogen and oxygen atoms in total. The minimum Gasteiger partial charge on any atom is -0.496 e. The molecule has 1 aromatic rings. The Morgan fingerprint density at radius 3 is 2.58 bits per heavy atom. The molecule has 0 saturated heterocycles. The third-order valence-corrected chi connectivity index (χ3v) is 2.94. The molecule has 0 spiro atoms. The van der Waals surface area contributed by atoms with Gasteiger partial charge in [-0.2, -0.15) is 13.2 Å². The van der Waals surface area contributed by atoms with Gasteiger partial charge < -0.3 is 10.5 Å². The second-order valence-corrected chi connectivity index (χ2v) is 4.28. The van der Waals surface area contributed by atoms with Gasteiger partial charge in [0.15, 0.2) is 0 Å². The van der Waals surface area contributed by atoms with Gasteiger partial charge in [-0.1, -0.05) is 12.1 Å². The first-order chi connectivity index (χ1) is 8.91. The molecule has 1 heterocycles. The summed E-state index contributed by atoms with van der Waals surface area (Å²) in [4.78, 5) is 0. The summed E-state index contributed by atoms with van der Waals surface area (Å²) in [6, 6.07) is 2.07. The number of allylic oxidation sites excluding steroid dienone is 1. The van der Waals surface area contributed by atoms with E-state index in [1.165, 1.54) is 6.07 Å². The molecular formula is C13H13F4NO. The number of hydrogen-bond donors (Lipinski definition) is 1. The zero-order valence-electron chi connectivity index (χ0n) is 10.0. The van der Waals surface area contributed by atoms with Crippen LogP contribution in [0.25, 0.3) is 0 Å². The number of alkyl halides is 3. The smallest absolute Gasteiger partial charge is 0.419 e. The van der Waals surface area contributed by atoms with Crippen molar-refractivity contribution >= 4 is 0 Å². The van der Waals surface area contributed by atoms with Crippen LogP contribution in [-0.2, 0) is 10.9 Å². The van der Waals surface area contributed by atoms with Crippen molar-refractivity contribution in [3.05, 3.63) is 47.0 Å². The van der Waals surface area contributed by atoms with Crippen molar-refractivity contribution < 1.29 is 22.3 Å². The van der Waals surface area contributed by atoms with E-state index in [2.05, 4.69) is 0 Å². The Bertz CT molecular complexity index is 496. The van der Waals surface area contributed by atoms with E-state index in [9.17, 15) is 17.6 Å². The summed E-state index contributed by atoms with van der Waals surface area (Å²) < 4.78 is 57.0. The van der Waals surface area contributed by atoms with Crippen molar-refractivity contribution in [1.82, 2.24) is 0 Å². The van der Waals surface area contributed by atoms with Crippen molar-refractivity contribution in [3.63, 3.8) is 0 Å². The van der Waals surface area contributed by atoms with Crippen LogP contribution in [0.2, 0.25) is 0 Å². The Hall–Kier alpha value is -1.56. The minimum atomic E-state index is -4.73. The van der Waals surface area contributed by atoms with Crippen LogP contribution in [0.4, 0.5) is 17.6 Å². The molecule has 0 radical (unpaired) electrons. The van der Waals surface area contributed by atoms with Gasteiger partial charge in [0.1, 0.15) is 11.6 Å². The third-order valence-electron chi connectivity index (χ3n) is 2.94. The molecule has 2 N–H and O–H groups in total. The zero-order valence-corrected chi connectivity index (χ0v) is 10.0. The highest BCUT2D eigenvalue weighted by Crippen LogP contribution is 2.35. The molecule has 1 unspecified atom stereocenters. The average Bonchev–Trinajstić information content (AvgIpc) is 2.38. The van der Waals surface area contributed by atoms with Gasteiger partial charge in [0.25, 0.3) is 0 Å². The van der Waals surface area contributed by atoms with Gasteiger partial charge >= 0.3 is 6.18 Å². The SMILES string of the molecule is NC(C1=CCCCO1)c1cccc(C(F)(F)F)c1F. The molecular weight excluding hydrogens is 262 g/mol. The fourth-order valence-corrected chi connectivity index (χ4v) is 1.96. The Labute approximate surface area is 107 Å². The maximum Gasteiger partial charge on any atom is 0.419 e. The van der Waals surface area contributed by atoms with E-state index in [0.717, 1.165) is 18.9 Å². The fourth-order valence-electron chi connectivity index (χ4n) is 1.96. The quantitative estimate of drug-likeness (QED) is 0.838. The lowest BCUT2D eigenvalue weighted by Gasteiger charge is -2.22. The second kappa shape index (κ2) is 5.21. The van der Waals surface area contributed by atoms with Gasteiger partial charge in [-0.05, 0) is 25.0 Å². The fraction of sp³-hybridized carbons (Fsp3) is 0.385. The molecule has 0 fully saturated rings. The number of rotatable bonds is 2. The van der Waals surface area contributed by atoms with Crippen LogP contribution < -0.4 is 5.73 Å². The van der Waals surface area contributed by atoms with Crippen LogP contribution in [0.5, 0.6) is 0 Å². The highest BCUT2D eigenvalue weighted by molar-refractivity contribution is 5.33. The molecule has 1 atom stereocenters. The van der Waals surface area contributed by atoms with Crippen LogP contribution in [-0.4, -0.2) is 6.61 Å². The van der Waals surface area contributed by atoms with Crippen LogP contribution in [0.3, 0.4) is 0 Å². The molecule has 0 amide bonds. The van der Waals surface area contributed by atoms with Crippen molar-refractivity contribution in [2.75, 3.05) is 6.61 Å². The summed E-state index contributed by atoms with van der Waals surface area (Å²) in [5.74, 6) is -1.01. The lowest BCUT2D eigenvalue weighted by molar-refractivity contribution is -0.140. The molecule has 6 heteroatoms. The molecule has 1 aliphatic rings. The van der Waals surface area contributed by atoms with Crippen LogP contribution >= 0.6 is 0 Å². The Morgan fingerprint density at radius 2 is 2.00 bits per heavy atom. The lowest BCUT2D eigenvalue weighted by Crippen LogP contribution is -2.21. The molecule has 0 aromatic heterocycles. The predicted molar refractivity (Wildman–Crippen MR) is 61.6 cm³/mol.